The third-order valence-electron chi connectivity index (χ3n) is 2.84. The van der Waals surface area contributed by atoms with Crippen LogP contribution in [0, 0.1) is 5.82 Å². The van der Waals surface area contributed by atoms with E-state index in [1.54, 1.807) is 18.2 Å². The molecule has 2 N–H and O–H groups in total. The van der Waals surface area contributed by atoms with Crippen molar-refractivity contribution in [3.63, 3.8) is 0 Å². The van der Waals surface area contributed by atoms with Crippen molar-refractivity contribution in [1.82, 2.24) is 5.32 Å². The number of sulfone groups is 1. The first kappa shape index (κ1) is 16.0. The summed E-state index contributed by atoms with van der Waals surface area (Å²) >= 11 is 0. The fourth-order valence-corrected chi connectivity index (χ4v) is 2.96. The van der Waals surface area contributed by atoms with Gasteiger partial charge in [0, 0.05) is 12.2 Å². The highest BCUT2D eigenvalue weighted by molar-refractivity contribution is 7.91. The lowest BCUT2D eigenvalue weighted by Gasteiger charge is -2.08. The van der Waals surface area contributed by atoms with Gasteiger partial charge in [0.15, 0.2) is 9.84 Å². The highest BCUT2D eigenvalue weighted by Gasteiger charge is 2.14. The molecule has 0 bridgehead atoms. The number of benzene rings is 2. The van der Waals surface area contributed by atoms with E-state index in [1.807, 2.05) is 0 Å². The first-order valence-corrected chi connectivity index (χ1v) is 8.21. The van der Waals surface area contributed by atoms with Crippen molar-refractivity contribution in [3.05, 3.63) is 60.4 Å². The summed E-state index contributed by atoms with van der Waals surface area (Å²) in [5.41, 5.74) is 0.295. The Morgan fingerprint density at radius 3 is 2.45 bits per heavy atom. The van der Waals surface area contributed by atoms with Crippen LogP contribution < -0.4 is 10.6 Å². The van der Waals surface area contributed by atoms with Gasteiger partial charge in [0.1, 0.15) is 5.82 Å². The molecule has 0 saturated carbocycles. The van der Waals surface area contributed by atoms with Crippen molar-refractivity contribution < 1.29 is 17.6 Å². The van der Waals surface area contributed by atoms with Gasteiger partial charge in [0.05, 0.1) is 10.6 Å². The van der Waals surface area contributed by atoms with Crippen molar-refractivity contribution >= 4 is 21.6 Å². The second kappa shape index (κ2) is 7.04. The van der Waals surface area contributed by atoms with Crippen LogP contribution in [0.5, 0.6) is 0 Å². The summed E-state index contributed by atoms with van der Waals surface area (Å²) in [6, 6.07) is 12.8. The van der Waals surface area contributed by atoms with E-state index < -0.39 is 21.7 Å². The predicted molar refractivity (Wildman–Crippen MR) is 81.9 cm³/mol. The topological polar surface area (TPSA) is 75.3 Å². The molecule has 0 atom stereocenters. The van der Waals surface area contributed by atoms with Gasteiger partial charge in [-0.05, 0) is 30.3 Å². The van der Waals surface area contributed by atoms with Gasteiger partial charge in [-0.15, -0.1) is 0 Å². The normalized spacial score (nSPS) is 11.0. The molecule has 0 aliphatic heterocycles. The zero-order valence-corrected chi connectivity index (χ0v) is 12.4. The molecule has 22 heavy (non-hydrogen) atoms. The maximum Gasteiger partial charge on any atom is 0.319 e. The molecular weight excluding hydrogens is 307 g/mol. The Labute approximate surface area is 128 Å². The first-order valence-electron chi connectivity index (χ1n) is 6.55. The number of hydrogen-bond donors (Lipinski definition) is 2. The number of amides is 2. The average molecular weight is 322 g/mol. The quantitative estimate of drug-likeness (QED) is 0.888. The third kappa shape index (κ3) is 4.56. The van der Waals surface area contributed by atoms with Crippen molar-refractivity contribution in [3.8, 4) is 0 Å². The Morgan fingerprint density at radius 2 is 1.77 bits per heavy atom. The molecule has 0 spiro atoms. The number of urea groups is 1. The van der Waals surface area contributed by atoms with Gasteiger partial charge >= 0.3 is 6.03 Å². The second-order valence-electron chi connectivity index (χ2n) is 4.52. The van der Waals surface area contributed by atoms with E-state index in [1.165, 1.54) is 36.4 Å². The minimum Gasteiger partial charge on any atom is -0.337 e. The molecule has 2 aromatic carbocycles. The van der Waals surface area contributed by atoms with Crippen molar-refractivity contribution in [2.75, 3.05) is 17.6 Å². The summed E-state index contributed by atoms with van der Waals surface area (Å²) in [5, 5.41) is 4.85. The van der Waals surface area contributed by atoms with Crippen LogP contribution in [-0.4, -0.2) is 26.7 Å². The van der Waals surface area contributed by atoms with Gasteiger partial charge in [-0.1, -0.05) is 24.3 Å². The fourth-order valence-electron chi connectivity index (χ4n) is 1.79. The second-order valence-corrected chi connectivity index (χ2v) is 6.63. The van der Waals surface area contributed by atoms with Gasteiger partial charge in [-0.2, -0.15) is 0 Å². The lowest BCUT2D eigenvalue weighted by Crippen LogP contribution is -2.32. The van der Waals surface area contributed by atoms with Gasteiger partial charge < -0.3 is 10.6 Å². The zero-order valence-electron chi connectivity index (χ0n) is 11.6. The Kier molecular flexibility index (Phi) is 5.11. The van der Waals surface area contributed by atoms with Crippen LogP contribution in [0.4, 0.5) is 14.9 Å². The molecule has 0 aromatic heterocycles. The van der Waals surface area contributed by atoms with E-state index in [9.17, 15) is 17.6 Å². The highest BCUT2D eigenvalue weighted by Crippen LogP contribution is 2.10. The molecule has 116 valence electrons. The molecule has 2 rings (SSSR count). The number of hydrogen-bond acceptors (Lipinski definition) is 3. The number of rotatable bonds is 5. The highest BCUT2D eigenvalue weighted by atomic mass is 32.2. The molecule has 0 fully saturated rings. The van der Waals surface area contributed by atoms with E-state index in [4.69, 9.17) is 0 Å². The number of carbonyl (C=O) groups is 1. The molecule has 0 unspecified atom stereocenters. The third-order valence-corrected chi connectivity index (χ3v) is 4.57. The summed E-state index contributed by atoms with van der Waals surface area (Å²) in [4.78, 5) is 11.8. The molecule has 0 saturated heterocycles. The number of anilines is 1. The van der Waals surface area contributed by atoms with Crippen LogP contribution in [0.1, 0.15) is 0 Å². The number of nitrogens with one attached hydrogen (secondary N) is 2. The monoisotopic (exact) mass is 322 g/mol. The lowest BCUT2D eigenvalue weighted by molar-refractivity contribution is 0.252. The van der Waals surface area contributed by atoms with Crippen molar-refractivity contribution in [2.24, 2.45) is 0 Å². The smallest absolute Gasteiger partial charge is 0.319 e. The summed E-state index contributed by atoms with van der Waals surface area (Å²) < 4.78 is 37.0. The first-order chi connectivity index (χ1) is 10.5. The number of halogens is 1. The van der Waals surface area contributed by atoms with Crippen LogP contribution in [0.25, 0.3) is 0 Å². The van der Waals surface area contributed by atoms with Crippen LogP contribution >= 0.6 is 0 Å². The van der Waals surface area contributed by atoms with E-state index >= 15 is 0 Å². The largest absolute Gasteiger partial charge is 0.337 e. The molecule has 2 aromatic rings. The lowest BCUT2D eigenvalue weighted by atomic mass is 10.3. The van der Waals surface area contributed by atoms with E-state index in [0.29, 0.717) is 5.69 Å². The van der Waals surface area contributed by atoms with E-state index in [0.717, 1.165) is 0 Å². The molecule has 2 amide bonds. The SMILES string of the molecule is O=C(NCCS(=O)(=O)c1ccccc1)Nc1cccc(F)c1. The van der Waals surface area contributed by atoms with Crippen LogP contribution in [0.2, 0.25) is 0 Å². The van der Waals surface area contributed by atoms with E-state index in [2.05, 4.69) is 10.6 Å². The van der Waals surface area contributed by atoms with Crippen molar-refractivity contribution in [1.29, 1.82) is 0 Å². The van der Waals surface area contributed by atoms with Crippen molar-refractivity contribution in [2.45, 2.75) is 4.90 Å². The summed E-state index contributed by atoms with van der Waals surface area (Å²) in [6.07, 6.45) is 0. The van der Waals surface area contributed by atoms with Gasteiger partial charge in [-0.25, -0.2) is 17.6 Å². The molecule has 5 nitrogen and oxygen atoms in total. The van der Waals surface area contributed by atoms with E-state index in [-0.39, 0.29) is 17.2 Å². The van der Waals surface area contributed by atoms with Gasteiger partial charge in [0.25, 0.3) is 0 Å². The van der Waals surface area contributed by atoms with Crippen LogP contribution in [0.15, 0.2) is 59.5 Å². The van der Waals surface area contributed by atoms with Crippen LogP contribution in [-0.2, 0) is 9.84 Å². The standard InChI is InChI=1S/C15H15FN2O3S/c16-12-5-4-6-13(11-12)18-15(19)17-9-10-22(20,21)14-7-2-1-3-8-14/h1-8,11H,9-10H2,(H2,17,18,19). The molecule has 0 aliphatic rings. The molecular formula is C15H15FN2O3S. The van der Waals surface area contributed by atoms with Gasteiger partial charge in [0.2, 0.25) is 0 Å². The molecule has 0 heterocycles. The molecule has 0 radical (unpaired) electrons. The summed E-state index contributed by atoms with van der Waals surface area (Å²) in [7, 11) is -3.44. The maximum atomic E-state index is 13.0. The summed E-state index contributed by atoms with van der Waals surface area (Å²) in [6.45, 7) is -0.0433. The van der Waals surface area contributed by atoms with Gasteiger partial charge in [-0.3, -0.25) is 0 Å². The predicted octanol–water partition coefficient (Wildman–Crippen LogP) is 2.42. The molecule has 0 aliphatic carbocycles. The maximum absolute atomic E-state index is 13.0. The average Bonchev–Trinajstić information content (AvgIpc) is 2.48. The zero-order chi connectivity index (χ0) is 16.0. The minimum atomic E-state index is -3.44. The Hall–Kier alpha value is -2.41. The van der Waals surface area contributed by atoms with Crippen LogP contribution in [0.3, 0.4) is 0 Å². The summed E-state index contributed by atoms with van der Waals surface area (Å²) in [5.74, 6) is -0.683. The Balaban J connectivity index is 1.85. The number of carbonyl (C=O) groups excluding carboxylic acids is 1. The fraction of sp³-hybridized carbons (Fsp3) is 0.133. The Bertz CT molecular complexity index is 748. The minimum absolute atomic E-state index is 0.0433. The Morgan fingerprint density at radius 1 is 1.05 bits per heavy atom. The molecule has 7 heteroatoms.